The van der Waals surface area contributed by atoms with Gasteiger partial charge in [-0.15, -0.1) is 10.2 Å². The van der Waals surface area contributed by atoms with Crippen LogP contribution in [0.5, 0.6) is 5.75 Å². The topological polar surface area (TPSA) is 89.3 Å². The minimum atomic E-state index is -0.328. The van der Waals surface area contributed by atoms with Crippen molar-refractivity contribution in [3.05, 3.63) is 48.4 Å². The second kappa shape index (κ2) is 9.43. The quantitative estimate of drug-likeness (QED) is 0.515. The van der Waals surface area contributed by atoms with Crippen LogP contribution in [-0.4, -0.2) is 28.0 Å². The second-order valence-corrected chi connectivity index (χ2v) is 8.05. The van der Waals surface area contributed by atoms with E-state index in [0.29, 0.717) is 29.7 Å². The zero-order chi connectivity index (χ0) is 19.1. The van der Waals surface area contributed by atoms with E-state index in [-0.39, 0.29) is 11.2 Å². The molecule has 3 aromatic rings. The van der Waals surface area contributed by atoms with E-state index < -0.39 is 0 Å². The number of para-hydroxylation sites is 2. The van der Waals surface area contributed by atoms with E-state index in [0.717, 1.165) is 10.1 Å². The van der Waals surface area contributed by atoms with Crippen molar-refractivity contribution in [2.24, 2.45) is 0 Å². The van der Waals surface area contributed by atoms with Gasteiger partial charge in [-0.05, 0) is 38.1 Å². The van der Waals surface area contributed by atoms with Gasteiger partial charge in [0.25, 0.3) is 0 Å². The molecule has 0 bridgehead atoms. The highest BCUT2D eigenvalue weighted by Gasteiger charge is 2.18. The number of hydrogen-bond acceptors (Lipinski definition) is 8. The summed E-state index contributed by atoms with van der Waals surface area (Å²) in [7, 11) is 0. The van der Waals surface area contributed by atoms with Crippen LogP contribution in [0.15, 0.2) is 51.4 Å². The molecule has 2 heterocycles. The summed E-state index contributed by atoms with van der Waals surface area (Å²) in [6.07, 6.45) is 1.63. The minimum absolute atomic E-state index is 0.118. The van der Waals surface area contributed by atoms with Crippen LogP contribution in [0.4, 0.5) is 10.8 Å². The molecule has 0 fully saturated rings. The first-order chi connectivity index (χ1) is 13.2. The zero-order valence-electron chi connectivity index (χ0n) is 15.0. The van der Waals surface area contributed by atoms with Gasteiger partial charge in [-0.2, -0.15) is 0 Å². The number of aromatic nitrogens is 2. The Morgan fingerprint density at radius 1 is 1.30 bits per heavy atom. The van der Waals surface area contributed by atoms with Crippen LogP contribution in [-0.2, 0) is 11.3 Å². The molecular formula is C18H20N4O3S2. The first-order valence-electron chi connectivity index (χ1n) is 8.44. The van der Waals surface area contributed by atoms with Gasteiger partial charge in [0.15, 0.2) is 4.34 Å². The van der Waals surface area contributed by atoms with Crippen LogP contribution in [0, 0.1) is 0 Å². The number of carbonyl (C=O) groups is 1. The molecule has 142 valence electrons. The zero-order valence-corrected chi connectivity index (χ0v) is 16.6. The van der Waals surface area contributed by atoms with Crippen molar-refractivity contribution in [2.75, 3.05) is 17.2 Å². The monoisotopic (exact) mass is 404 g/mol. The predicted octanol–water partition coefficient (Wildman–Crippen LogP) is 4.26. The van der Waals surface area contributed by atoms with E-state index in [1.807, 2.05) is 50.2 Å². The van der Waals surface area contributed by atoms with Gasteiger partial charge in [0.2, 0.25) is 11.0 Å². The van der Waals surface area contributed by atoms with Gasteiger partial charge in [0.1, 0.15) is 11.5 Å². The molecule has 0 aliphatic heterocycles. The van der Waals surface area contributed by atoms with Gasteiger partial charge < -0.3 is 19.8 Å². The number of benzene rings is 1. The molecule has 3 rings (SSSR count). The molecule has 9 heteroatoms. The number of nitrogens with one attached hydrogen (secondary N) is 2. The molecule has 0 unspecified atom stereocenters. The number of nitrogens with zero attached hydrogens (tertiary/aromatic N) is 2. The molecule has 0 radical (unpaired) electrons. The molecule has 2 aromatic heterocycles. The number of amides is 1. The lowest BCUT2D eigenvalue weighted by Crippen LogP contribution is -2.22. The van der Waals surface area contributed by atoms with Gasteiger partial charge >= 0.3 is 0 Å². The van der Waals surface area contributed by atoms with Crippen LogP contribution in [0.25, 0.3) is 0 Å². The van der Waals surface area contributed by atoms with Crippen LogP contribution in [0.2, 0.25) is 0 Å². The van der Waals surface area contributed by atoms with Crippen LogP contribution in [0.3, 0.4) is 0 Å². The molecule has 7 nitrogen and oxygen atoms in total. The summed E-state index contributed by atoms with van der Waals surface area (Å²) in [6, 6.07) is 11.1. The van der Waals surface area contributed by atoms with Gasteiger partial charge in [-0.3, -0.25) is 4.79 Å². The lowest BCUT2D eigenvalue weighted by atomic mass is 10.3. The van der Waals surface area contributed by atoms with E-state index in [9.17, 15) is 4.79 Å². The van der Waals surface area contributed by atoms with Crippen molar-refractivity contribution in [3.8, 4) is 5.75 Å². The van der Waals surface area contributed by atoms with Gasteiger partial charge in [-0.1, -0.05) is 35.2 Å². The lowest BCUT2D eigenvalue weighted by molar-refractivity contribution is -0.115. The van der Waals surface area contributed by atoms with Gasteiger partial charge in [0.05, 0.1) is 30.4 Å². The molecule has 2 N–H and O–H groups in total. The maximum Gasteiger partial charge on any atom is 0.237 e. The molecule has 1 aromatic carbocycles. The lowest BCUT2D eigenvalue weighted by Gasteiger charge is -2.13. The summed E-state index contributed by atoms with van der Waals surface area (Å²) in [5.74, 6) is 1.36. The molecule has 1 atom stereocenters. The average molecular weight is 405 g/mol. The highest BCUT2D eigenvalue weighted by molar-refractivity contribution is 8.02. The molecule has 0 saturated carbocycles. The summed E-state index contributed by atoms with van der Waals surface area (Å²) in [5, 5.41) is 14.6. The van der Waals surface area contributed by atoms with Crippen LogP contribution >= 0.6 is 23.1 Å². The van der Waals surface area contributed by atoms with Crippen molar-refractivity contribution >= 4 is 39.8 Å². The summed E-state index contributed by atoms with van der Waals surface area (Å²) in [4.78, 5) is 12.5. The van der Waals surface area contributed by atoms with Crippen LogP contribution in [0.1, 0.15) is 19.6 Å². The fourth-order valence-corrected chi connectivity index (χ4v) is 4.09. The smallest absolute Gasteiger partial charge is 0.237 e. The minimum Gasteiger partial charge on any atom is -0.492 e. The number of rotatable bonds is 9. The SMILES string of the molecule is CCOc1ccccc1NC(=O)[C@H](C)Sc1nnc(NCc2ccco2)s1. The van der Waals surface area contributed by atoms with Crippen molar-refractivity contribution < 1.29 is 13.9 Å². The molecule has 27 heavy (non-hydrogen) atoms. The maximum absolute atomic E-state index is 12.5. The Morgan fingerprint density at radius 3 is 2.93 bits per heavy atom. The van der Waals surface area contributed by atoms with Crippen molar-refractivity contribution in [3.63, 3.8) is 0 Å². The Kier molecular flexibility index (Phi) is 6.72. The van der Waals surface area contributed by atoms with E-state index in [2.05, 4.69) is 20.8 Å². The maximum atomic E-state index is 12.5. The van der Waals surface area contributed by atoms with Crippen molar-refractivity contribution in [2.45, 2.75) is 30.0 Å². The Hall–Kier alpha value is -2.52. The van der Waals surface area contributed by atoms with E-state index in [1.165, 1.54) is 23.1 Å². The highest BCUT2D eigenvalue weighted by atomic mass is 32.2. The predicted molar refractivity (Wildman–Crippen MR) is 108 cm³/mol. The molecule has 0 aliphatic carbocycles. The Bertz CT molecular complexity index is 867. The number of carbonyl (C=O) groups excluding carboxylic acids is 1. The first kappa shape index (κ1) is 19.2. The van der Waals surface area contributed by atoms with Crippen molar-refractivity contribution in [1.82, 2.24) is 10.2 Å². The largest absolute Gasteiger partial charge is 0.492 e. The van der Waals surface area contributed by atoms with Gasteiger partial charge in [0, 0.05) is 0 Å². The second-order valence-electron chi connectivity index (χ2n) is 5.48. The first-order valence-corrected chi connectivity index (χ1v) is 10.1. The number of hydrogen-bond donors (Lipinski definition) is 2. The number of thioether (sulfide) groups is 1. The third-order valence-corrected chi connectivity index (χ3v) is 5.56. The number of furan rings is 1. The van der Waals surface area contributed by atoms with E-state index in [4.69, 9.17) is 9.15 Å². The Balaban J connectivity index is 1.54. The van der Waals surface area contributed by atoms with E-state index >= 15 is 0 Å². The number of anilines is 2. The Morgan fingerprint density at radius 2 is 2.15 bits per heavy atom. The summed E-state index contributed by atoms with van der Waals surface area (Å²) in [5.41, 5.74) is 0.662. The summed E-state index contributed by atoms with van der Waals surface area (Å²) < 4.78 is 11.5. The van der Waals surface area contributed by atoms with Crippen LogP contribution < -0.4 is 15.4 Å². The van der Waals surface area contributed by atoms with E-state index in [1.54, 1.807) is 6.26 Å². The van der Waals surface area contributed by atoms with Crippen molar-refractivity contribution in [1.29, 1.82) is 0 Å². The summed E-state index contributed by atoms with van der Waals surface area (Å²) >= 11 is 2.76. The van der Waals surface area contributed by atoms with Gasteiger partial charge in [-0.25, -0.2) is 0 Å². The summed E-state index contributed by atoms with van der Waals surface area (Å²) in [6.45, 7) is 4.82. The number of ether oxygens (including phenoxy) is 1. The average Bonchev–Trinajstić information content (AvgIpc) is 3.33. The third-order valence-electron chi connectivity index (χ3n) is 3.49. The molecule has 0 spiro atoms. The Labute approximate surface area is 165 Å². The highest BCUT2D eigenvalue weighted by Crippen LogP contribution is 2.30. The molecular weight excluding hydrogens is 384 g/mol. The fourth-order valence-electron chi connectivity index (χ4n) is 2.20. The molecule has 1 amide bonds. The third kappa shape index (κ3) is 5.48. The standard InChI is InChI=1S/C18H20N4O3S2/c1-3-24-15-9-5-4-8-14(15)20-16(23)12(2)26-18-22-21-17(27-18)19-11-13-7-6-10-25-13/h4-10,12H,3,11H2,1-2H3,(H,19,21)(H,20,23)/t12-/m0/s1. The normalized spacial score (nSPS) is 11.8. The molecule has 0 aliphatic rings. The fraction of sp³-hybridized carbons (Fsp3) is 0.278. The molecule has 0 saturated heterocycles.